The number of hydrogen-bond donors (Lipinski definition) is 4. The molecule has 0 spiro atoms. The van der Waals surface area contributed by atoms with Gasteiger partial charge < -0.3 is 0 Å². The van der Waals surface area contributed by atoms with Crippen LogP contribution in [0.5, 0.6) is 0 Å². The first-order valence-corrected chi connectivity index (χ1v) is 12.4. The number of H-pyrrole nitrogens is 1. The number of carbonyl (C=O) groups excluding carboxylic acids is 1. The summed E-state index contributed by atoms with van der Waals surface area (Å²) in [6.45, 7) is 0.0472. The van der Waals surface area contributed by atoms with Gasteiger partial charge in [0.2, 0.25) is 0 Å². The van der Waals surface area contributed by atoms with Gasteiger partial charge in [-0.25, -0.2) is 0 Å². The topological polar surface area (TPSA) is 179 Å². The van der Waals surface area contributed by atoms with Crippen molar-refractivity contribution in [2.75, 3.05) is 22.6 Å². The Hall–Kier alpha value is -2.23. The zero-order chi connectivity index (χ0) is 21.9. The Morgan fingerprint density at radius 3 is 3.06 bits per heavy atom. The third-order valence-corrected chi connectivity index (χ3v) is 7.13. The molecule has 3 unspecified atom stereocenters. The minimum absolute atomic E-state index is 0.0472. The van der Waals surface area contributed by atoms with E-state index in [-0.39, 0.29) is 24.1 Å². The van der Waals surface area contributed by atoms with Crippen LogP contribution in [0.3, 0.4) is 0 Å². The molecule has 0 aromatic carbocycles. The maximum atomic E-state index is 12.7. The van der Waals surface area contributed by atoms with E-state index < -0.39 is 49.1 Å². The van der Waals surface area contributed by atoms with Crippen LogP contribution in [0.25, 0.3) is 0 Å². The zero-order valence-corrected chi connectivity index (χ0v) is 18.6. The van der Waals surface area contributed by atoms with Crippen LogP contribution in [-0.4, -0.2) is 74.3 Å². The van der Waals surface area contributed by atoms with E-state index in [1.807, 2.05) is 0 Å². The number of aromatic amines is 1. The van der Waals surface area contributed by atoms with Crippen LogP contribution in [-0.2, 0) is 18.5 Å². The summed E-state index contributed by atoms with van der Waals surface area (Å²) < 4.78 is 24.1. The van der Waals surface area contributed by atoms with E-state index in [1.165, 1.54) is 26.3 Å². The molecule has 0 bridgehead atoms. The van der Waals surface area contributed by atoms with Crippen molar-refractivity contribution in [3.8, 4) is 0 Å². The minimum atomic E-state index is -3.44. The number of carbonyl (C=O) groups is 1. The molecule has 0 amide bonds. The normalized spacial score (nSPS) is 32.1. The first-order valence-electron chi connectivity index (χ1n) is 9.21. The number of nitrogens with zero attached hydrogens (tertiary/aromatic N) is 4. The average Bonchev–Trinajstić information content (AvgIpc) is 3.40. The molecular formula is C14H18BBrN7O7P. The Morgan fingerprint density at radius 1 is 1.52 bits per heavy atom. The van der Waals surface area contributed by atoms with Crippen LogP contribution < -0.4 is 21.5 Å². The number of imidazole rings is 1. The summed E-state index contributed by atoms with van der Waals surface area (Å²) in [6, 6.07) is 0. The number of fused-ring (bicyclic) bond motifs is 2. The van der Waals surface area contributed by atoms with Crippen LogP contribution in [0.2, 0.25) is 0 Å². The van der Waals surface area contributed by atoms with Crippen molar-refractivity contribution < 1.29 is 28.2 Å². The van der Waals surface area contributed by atoms with Gasteiger partial charge in [-0.15, -0.1) is 0 Å². The number of aromatic nitrogens is 4. The molecule has 166 valence electrons. The second kappa shape index (κ2) is 7.43. The molecule has 5 heterocycles. The molecule has 5 N–H and O–H groups in total. The Kier molecular flexibility index (Phi) is 4.95. The summed E-state index contributed by atoms with van der Waals surface area (Å²) in [5.74, 6) is 0.120. The summed E-state index contributed by atoms with van der Waals surface area (Å²) in [5.41, 5.74) is 5.43. The second-order valence-electron chi connectivity index (χ2n) is 7.21. The fraction of sp³-hybridized carbons (Fsp3) is 0.429. The van der Waals surface area contributed by atoms with E-state index in [0.717, 1.165) is 4.57 Å². The molecule has 0 saturated carbocycles. The van der Waals surface area contributed by atoms with Crippen LogP contribution >= 0.6 is 23.8 Å². The van der Waals surface area contributed by atoms with E-state index in [2.05, 4.69) is 36.2 Å². The monoisotopic (exact) mass is 517 g/mol. The van der Waals surface area contributed by atoms with Gasteiger partial charge in [0.15, 0.2) is 0 Å². The van der Waals surface area contributed by atoms with Gasteiger partial charge in [0.25, 0.3) is 0 Å². The summed E-state index contributed by atoms with van der Waals surface area (Å²) in [6.07, 6.45) is 0.0505. The van der Waals surface area contributed by atoms with Gasteiger partial charge in [0.1, 0.15) is 0 Å². The standard InChI is InChI=1S/C14H18BBrN7O7P/c15-31(26)27-3-5-7(30-31)8(29-14(25)22-2-1-18-4-22)11(28-5)23-9-6(19-12(23)16)10(24)21-13(17)20-9/h1-2,4-5,7-8,11-12,19,26,31H,3,15H2,(H3,17,20,21,24)/t5-,7-,8?,11?,12?/m1/s1. The quantitative estimate of drug-likeness (QED) is 0.160. The third-order valence-electron chi connectivity index (χ3n) is 5.05. The SMILES string of the molecule is B[PH]1(O)OC[C@H]2OC(N3c4nc(N)[nH]c(=O)c4NC3Br)C(OC(=O)n3ccnc3)[C@@H]2O1. The van der Waals surface area contributed by atoms with Crippen LogP contribution in [0.4, 0.5) is 22.2 Å². The summed E-state index contributed by atoms with van der Waals surface area (Å²) >= 11 is 3.44. The van der Waals surface area contributed by atoms with E-state index in [0.29, 0.717) is 0 Å². The first-order chi connectivity index (χ1) is 14.7. The second-order valence-corrected chi connectivity index (χ2v) is 10.4. The molecule has 2 aromatic rings. The number of nitrogens with one attached hydrogen (secondary N) is 2. The molecule has 3 aliphatic rings. The number of alkyl halides is 1. The number of nitrogen functional groups attached to an aromatic ring is 1. The molecule has 0 aliphatic carbocycles. The van der Waals surface area contributed by atoms with Crippen molar-refractivity contribution in [1.29, 1.82) is 0 Å². The van der Waals surface area contributed by atoms with Crippen molar-refractivity contribution in [2.45, 2.75) is 29.6 Å². The molecule has 2 saturated heterocycles. The van der Waals surface area contributed by atoms with Crippen molar-refractivity contribution in [2.24, 2.45) is 0 Å². The van der Waals surface area contributed by atoms with Gasteiger partial charge in [-0.3, -0.25) is 0 Å². The number of hydrogen-bond acceptors (Lipinski definition) is 12. The van der Waals surface area contributed by atoms with Gasteiger partial charge in [-0.1, -0.05) is 0 Å². The number of halogens is 1. The number of ether oxygens (including phenoxy) is 2. The summed E-state index contributed by atoms with van der Waals surface area (Å²) in [5, 5.41) is 2.32. The Morgan fingerprint density at radius 2 is 2.32 bits per heavy atom. The van der Waals surface area contributed by atoms with Crippen molar-refractivity contribution in [3.63, 3.8) is 0 Å². The zero-order valence-electron chi connectivity index (χ0n) is 16.0. The van der Waals surface area contributed by atoms with Gasteiger partial charge in [0.05, 0.1) is 0 Å². The molecule has 5 atom stereocenters. The Bertz CT molecular complexity index is 1070. The van der Waals surface area contributed by atoms with Crippen LogP contribution in [0.15, 0.2) is 23.5 Å². The van der Waals surface area contributed by atoms with Gasteiger partial charge in [-0.05, 0) is 0 Å². The van der Waals surface area contributed by atoms with E-state index in [4.69, 9.17) is 24.3 Å². The maximum absolute atomic E-state index is 12.7. The van der Waals surface area contributed by atoms with Gasteiger partial charge in [0, 0.05) is 0 Å². The predicted octanol–water partition coefficient (Wildman–Crippen LogP) is -1.31. The Balaban J connectivity index is 1.52. The predicted molar refractivity (Wildman–Crippen MR) is 115 cm³/mol. The molecule has 2 aromatic heterocycles. The van der Waals surface area contributed by atoms with E-state index in [9.17, 15) is 14.5 Å². The molecule has 17 heteroatoms. The molecule has 0 radical (unpaired) electrons. The molecule has 3 aliphatic heterocycles. The summed E-state index contributed by atoms with van der Waals surface area (Å²) in [7, 11) is -1.97. The van der Waals surface area contributed by atoms with Crippen molar-refractivity contribution in [1.82, 2.24) is 19.5 Å². The molecular weight excluding hydrogens is 500 g/mol. The van der Waals surface area contributed by atoms with Gasteiger partial charge in [-0.2, -0.15) is 0 Å². The number of rotatable bonds is 2. The number of nitrogens with two attached hydrogens (primary N) is 1. The first kappa shape index (κ1) is 20.7. The van der Waals surface area contributed by atoms with Crippen LogP contribution in [0.1, 0.15) is 0 Å². The summed E-state index contributed by atoms with van der Waals surface area (Å²) in [4.78, 5) is 47.4. The molecule has 2 fully saturated rings. The van der Waals surface area contributed by atoms with E-state index >= 15 is 0 Å². The fourth-order valence-electron chi connectivity index (χ4n) is 3.74. The van der Waals surface area contributed by atoms with Gasteiger partial charge >= 0.3 is 184 Å². The third kappa shape index (κ3) is 3.58. The number of anilines is 3. The van der Waals surface area contributed by atoms with Crippen LogP contribution in [0, 0.1) is 0 Å². The van der Waals surface area contributed by atoms with Crippen molar-refractivity contribution in [3.05, 3.63) is 29.1 Å². The molecule has 31 heavy (non-hydrogen) atoms. The fourth-order valence-corrected chi connectivity index (χ4v) is 5.73. The van der Waals surface area contributed by atoms with E-state index in [1.54, 1.807) is 4.90 Å². The Labute approximate surface area is 184 Å². The molecule has 5 rings (SSSR count). The average molecular weight is 518 g/mol. The molecule has 14 nitrogen and oxygen atoms in total. The van der Waals surface area contributed by atoms with Crippen molar-refractivity contribution >= 4 is 54.9 Å².